The molecule has 2 aliphatic carbocycles. The van der Waals surface area contributed by atoms with Crippen LogP contribution in [0.25, 0.3) is 0 Å². The lowest BCUT2D eigenvalue weighted by atomic mass is 9.79. The summed E-state index contributed by atoms with van der Waals surface area (Å²) in [6.45, 7) is 2.04. The molecule has 14 heavy (non-hydrogen) atoms. The molecule has 4 unspecified atom stereocenters. The largest absolute Gasteiger partial charge is 0.414 e. The molecule has 82 valence electrons. The van der Waals surface area contributed by atoms with Crippen LogP contribution in [0.2, 0.25) is 0 Å². The SMILES string of the molecule is CC12CCC(C1)C(C(O)C(F)(F)F)C2. The maximum absolute atomic E-state index is 12.3. The molecular formula is C10H15F3O. The predicted octanol–water partition coefficient (Wildman–Crippen LogP) is 2.74. The zero-order valence-electron chi connectivity index (χ0n) is 8.14. The summed E-state index contributed by atoms with van der Waals surface area (Å²) in [4.78, 5) is 0. The Kier molecular flexibility index (Phi) is 2.11. The van der Waals surface area contributed by atoms with Crippen LogP contribution >= 0.6 is 0 Å². The third kappa shape index (κ3) is 1.53. The maximum atomic E-state index is 12.3. The van der Waals surface area contributed by atoms with Crippen molar-refractivity contribution < 1.29 is 18.3 Å². The molecule has 2 fully saturated rings. The lowest BCUT2D eigenvalue weighted by molar-refractivity contribution is -0.224. The Balaban J connectivity index is 2.08. The summed E-state index contributed by atoms with van der Waals surface area (Å²) in [5, 5.41) is 9.20. The van der Waals surface area contributed by atoms with Crippen LogP contribution in [0.15, 0.2) is 0 Å². The van der Waals surface area contributed by atoms with Crippen molar-refractivity contribution in [2.45, 2.75) is 44.9 Å². The molecule has 4 heteroatoms. The van der Waals surface area contributed by atoms with E-state index in [1.165, 1.54) is 0 Å². The standard InChI is InChI=1S/C10H15F3O/c1-9-3-2-6(4-9)7(5-9)8(14)10(11,12)13/h6-8,14H,2-5H2,1H3. The first kappa shape index (κ1) is 10.3. The maximum Gasteiger partial charge on any atom is 0.414 e. The van der Waals surface area contributed by atoms with Gasteiger partial charge in [-0.3, -0.25) is 0 Å². The molecule has 0 saturated heterocycles. The third-order valence-electron chi connectivity index (χ3n) is 3.95. The Morgan fingerprint density at radius 3 is 2.36 bits per heavy atom. The fourth-order valence-electron chi connectivity index (χ4n) is 3.27. The summed E-state index contributed by atoms with van der Waals surface area (Å²) in [6, 6.07) is 0. The van der Waals surface area contributed by atoms with Gasteiger partial charge in [-0.1, -0.05) is 6.92 Å². The first-order valence-corrected chi connectivity index (χ1v) is 5.07. The average molecular weight is 208 g/mol. The van der Waals surface area contributed by atoms with Gasteiger partial charge in [0.15, 0.2) is 6.10 Å². The Morgan fingerprint density at radius 1 is 1.36 bits per heavy atom. The zero-order chi connectivity index (χ0) is 10.6. The van der Waals surface area contributed by atoms with Gasteiger partial charge in [-0.15, -0.1) is 0 Å². The fourth-order valence-corrected chi connectivity index (χ4v) is 3.27. The van der Waals surface area contributed by atoms with E-state index in [-0.39, 0.29) is 11.3 Å². The second kappa shape index (κ2) is 2.87. The molecule has 2 saturated carbocycles. The normalized spacial score (nSPS) is 44.4. The number of hydrogen-bond acceptors (Lipinski definition) is 1. The van der Waals surface area contributed by atoms with E-state index in [2.05, 4.69) is 0 Å². The number of aliphatic hydroxyl groups is 1. The summed E-state index contributed by atoms with van der Waals surface area (Å²) in [5.74, 6) is -0.453. The van der Waals surface area contributed by atoms with Crippen LogP contribution < -0.4 is 0 Å². The molecule has 1 N–H and O–H groups in total. The smallest absolute Gasteiger partial charge is 0.383 e. The number of alkyl halides is 3. The second-order valence-electron chi connectivity index (χ2n) is 5.17. The van der Waals surface area contributed by atoms with Crippen LogP contribution in [0.4, 0.5) is 13.2 Å². The van der Waals surface area contributed by atoms with Gasteiger partial charge in [0.25, 0.3) is 0 Å². The molecule has 0 aromatic rings. The van der Waals surface area contributed by atoms with Gasteiger partial charge in [0.05, 0.1) is 0 Å². The van der Waals surface area contributed by atoms with Crippen LogP contribution in [-0.2, 0) is 0 Å². The lowest BCUT2D eigenvalue weighted by Gasteiger charge is -2.30. The molecule has 4 atom stereocenters. The minimum atomic E-state index is -4.44. The zero-order valence-corrected chi connectivity index (χ0v) is 8.14. The highest BCUT2D eigenvalue weighted by atomic mass is 19.4. The Labute approximate surface area is 81.3 Å². The highest BCUT2D eigenvalue weighted by Crippen LogP contribution is 2.58. The fraction of sp³-hybridized carbons (Fsp3) is 1.00. The van der Waals surface area contributed by atoms with Crippen molar-refractivity contribution in [3.05, 3.63) is 0 Å². The van der Waals surface area contributed by atoms with E-state index in [4.69, 9.17) is 0 Å². The van der Waals surface area contributed by atoms with E-state index in [9.17, 15) is 18.3 Å². The summed E-state index contributed by atoms with van der Waals surface area (Å²) in [6.07, 6.45) is -3.25. The Morgan fingerprint density at radius 2 is 2.00 bits per heavy atom. The molecule has 0 amide bonds. The van der Waals surface area contributed by atoms with Gasteiger partial charge in [-0.25, -0.2) is 0 Å². The number of hydrogen-bond donors (Lipinski definition) is 1. The average Bonchev–Trinajstić information content (AvgIpc) is 2.55. The van der Waals surface area contributed by atoms with E-state index < -0.39 is 18.2 Å². The van der Waals surface area contributed by atoms with E-state index in [1.807, 2.05) is 6.92 Å². The van der Waals surface area contributed by atoms with Gasteiger partial charge in [0, 0.05) is 0 Å². The minimum Gasteiger partial charge on any atom is -0.383 e. The van der Waals surface area contributed by atoms with E-state index in [0.29, 0.717) is 6.42 Å². The van der Waals surface area contributed by atoms with Gasteiger partial charge >= 0.3 is 6.18 Å². The van der Waals surface area contributed by atoms with Crippen LogP contribution in [0.3, 0.4) is 0 Å². The first-order chi connectivity index (χ1) is 6.32. The van der Waals surface area contributed by atoms with Crippen LogP contribution in [0.5, 0.6) is 0 Å². The highest BCUT2D eigenvalue weighted by Gasteiger charge is 2.55. The number of rotatable bonds is 1. The molecule has 0 aromatic heterocycles. The van der Waals surface area contributed by atoms with Crippen molar-refractivity contribution in [1.82, 2.24) is 0 Å². The Hall–Kier alpha value is -0.250. The molecule has 2 aliphatic rings. The quantitative estimate of drug-likeness (QED) is 0.702. The van der Waals surface area contributed by atoms with Crippen molar-refractivity contribution in [2.24, 2.45) is 17.3 Å². The van der Waals surface area contributed by atoms with E-state index in [1.54, 1.807) is 0 Å². The molecule has 0 aliphatic heterocycles. The number of fused-ring (bicyclic) bond motifs is 2. The van der Waals surface area contributed by atoms with Crippen molar-refractivity contribution >= 4 is 0 Å². The first-order valence-electron chi connectivity index (χ1n) is 5.07. The van der Waals surface area contributed by atoms with Crippen molar-refractivity contribution in [2.75, 3.05) is 0 Å². The summed E-state index contributed by atoms with van der Waals surface area (Å²) in [5.41, 5.74) is 0.0710. The van der Waals surface area contributed by atoms with Gasteiger partial charge in [-0.05, 0) is 42.9 Å². The van der Waals surface area contributed by atoms with Crippen molar-refractivity contribution in [1.29, 1.82) is 0 Å². The van der Waals surface area contributed by atoms with Gasteiger partial charge in [0.2, 0.25) is 0 Å². The van der Waals surface area contributed by atoms with Crippen molar-refractivity contribution in [3.63, 3.8) is 0 Å². The monoisotopic (exact) mass is 208 g/mol. The second-order valence-corrected chi connectivity index (χ2v) is 5.17. The summed E-state index contributed by atoms with van der Waals surface area (Å²) < 4.78 is 36.9. The van der Waals surface area contributed by atoms with Crippen LogP contribution in [0, 0.1) is 17.3 Å². The lowest BCUT2D eigenvalue weighted by Crippen LogP contribution is -2.39. The van der Waals surface area contributed by atoms with E-state index >= 15 is 0 Å². The molecule has 2 bridgehead atoms. The third-order valence-corrected chi connectivity index (χ3v) is 3.95. The molecule has 0 radical (unpaired) electrons. The molecular weight excluding hydrogens is 193 g/mol. The predicted molar refractivity (Wildman–Crippen MR) is 45.6 cm³/mol. The Bertz CT molecular complexity index is 238. The van der Waals surface area contributed by atoms with Gasteiger partial charge in [0.1, 0.15) is 0 Å². The van der Waals surface area contributed by atoms with Gasteiger partial charge in [-0.2, -0.15) is 13.2 Å². The van der Waals surface area contributed by atoms with Crippen LogP contribution in [0.1, 0.15) is 32.6 Å². The van der Waals surface area contributed by atoms with Gasteiger partial charge < -0.3 is 5.11 Å². The number of aliphatic hydroxyl groups excluding tert-OH is 1. The minimum absolute atomic E-state index is 0.0710. The molecule has 0 spiro atoms. The van der Waals surface area contributed by atoms with Crippen LogP contribution in [-0.4, -0.2) is 17.4 Å². The molecule has 2 rings (SSSR count). The summed E-state index contributed by atoms with van der Waals surface area (Å²) in [7, 11) is 0. The molecule has 1 nitrogen and oxygen atoms in total. The molecule has 0 aromatic carbocycles. The number of halogens is 3. The topological polar surface area (TPSA) is 20.2 Å². The summed E-state index contributed by atoms with van der Waals surface area (Å²) >= 11 is 0. The molecule has 0 heterocycles. The van der Waals surface area contributed by atoms with E-state index in [0.717, 1.165) is 19.3 Å². The van der Waals surface area contributed by atoms with Crippen molar-refractivity contribution in [3.8, 4) is 0 Å². The highest BCUT2D eigenvalue weighted by molar-refractivity contribution is 5.01.